The molecule has 0 bridgehead atoms. The lowest BCUT2D eigenvalue weighted by molar-refractivity contribution is -0.0426. The van der Waals surface area contributed by atoms with E-state index in [9.17, 15) is 26.4 Å². The smallest absolute Gasteiger partial charge is 0.501 e. The number of rotatable bonds is 4. The van der Waals surface area contributed by atoms with Gasteiger partial charge in [0.25, 0.3) is 18.2 Å². The topological polar surface area (TPSA) is 60.4 Å². The van der Waals surface area contributed by atoms with Gasteiger partial charge in [-0.2, -0.15) is 13.2 Å². The quantitative estimate of drug-likeness (QED) is 0.452. The second kappa shape index (κ2) is 7.60. The van der Waals surface area contributed by atoms with Crippen LogP contribution in [0.4, 0.5) is 13.2 Å². The standard InChI is InChI=1S/C21H23F3O4S2Si/c1-20(2,3)31(4,5)28-17-9-7-6-8-14(17)19-12-15-16(25)10-13(11-18(15)29-19)30(26,27)21(22,23)24/h6-9,11-12H,10H2,1-5H3. The molecule has 0 N–H and O–H groups in total. The highest BCUT2D eigenvalue weighted by atomic mass is 32.2. The number of allylic oxidation sites excluding steroid dienone is 1. The molecule has 0 fully saturated rings. The molecule has 31 heavy (non-hydrogen) atoms. The molecule has 1 aromatic heterocycles. The molecule has 3 rings (SSSR count). The average molecular weight is 489 g/mol. The zero-order valence-electron chi connectivity index (χ0n) is 17.8. The fraction of sp³-hybridized carbons (Fsp3) is 0.381. The van der Waals surface area contributed by atoms with Crippen molar-refractivity contribution in [3.05, 3.63) is 45.7 Å². The molecule has 1 aliphatic rings. The summed E-state index contributed by atoms with van der Waals surface area (Å²) in [5.41, 5.74) is -4.50. The number of alkyl halides is 3. The normalized spacial score (nSPS) is 15.5. The molecule has 0 amide bonds. The van der Waals surface area contributed by atoms with Crippen molar-refractivity contribution in [2.24, 2.45) is 0 Å². The van der Waals surface area contributed by atoms with Gasteiger partial charge in [0, 0.05) is 27.3 Å². The summed E-state index contributed by atoms with van der Waals surface area (Å²) in [6, 6.07) is 8.89. The number of hydrogen-bond acceptors (Lipinski definition) is 5. The summed E-state index contributed by atoms with van der Waals surface area (Å²) in [6.45, 7) is 10.5. The van der Waals surface area contributed by atoms with Gasteiger partial charge in [0.05, 0.1) is 4.91 Å². The molecule has 0 saturated heterocycles. The number of ketones is 1. The first-order chi connectivity index (χ1) is 14.0. The van der Waals surface area contributed by atoms with Crippen molar-refractivity contribution in [1.29, 1.82) is 0 Å². The van der Waals surface area contributed by atoms with E-state index in [1.54, 1.807) is 6.07 Å². The summed E-state index contributed by atoms with van der Waals surface area (Å²) in [6.07, 6.45) is 0.165. The molecule has 1 aliphatic carbocycles. The summed E-state index contributed by atoms with van der Waals surface area (Å²) < 4.78 is 68.9. The van der Waals surface area contributed by atoms with E-state index < -0.39 is 40.8 Å². The molecule has 0 saturated carbocycles. The molecule has 168 valence electrons. The van der Waals surface area contributed by atoms with E-state index in [0.717, 1.165) is 17.4 Å². The third kappa shape index (κ3) is 4.38. The van der Waals surface area contributed by atoms with Crippen molar-refractivity contribution in [2.75, 3.05) is 0 Å². The molecule has 0 unspecified atom stereocenters. The minimum atomic E-state index is -5.55. The lowest BCUT2D eigenvalue weighted by Crippen LogP contribution is -2.43. The Labute approximate surface area is 184 Å². The number of carbonyl (C=O) groups excluding carboxylic acids is 1. The number of carbonyl (C=O) groups is 1. The van der Waals surface area contributed by atoms with Crippen LogP contribution in [0.5, 0.6) is 5.75 Å². The highest BCUT2D eigenvalue weighted by Gasteiger charge is 2.49. The molecule has 10 heteroatoms. The van der Waals surface area contributed by atoms with Gasteiger partial charge in [-0.25, -0.2) is 8.42 Å². The van der Waals surface area contributed by atoms with Crippen LogP contribution in [-0.4, -0.2) is 28.0 Å². The Bertz CT molecular complexity index is 1170. The molecule has 0 radical (unpaired) electrons. The van der Waals surface area contributed by atoms with Gasteiger partial charge in [-0.3, -0.25) is 4.79 Å². The van der Waals surface area contributed by atoms with Crippen LogP contribution in [0.25, 0.3) is 16.5 Å². The number of thiophene rings is 1. The number of halogens is 3. The number of sulfone groups is 1. The van der Waals surface area contributed by atoms with E-state index in [1.807, 2.05) is 24.3 Å². The molecule has 2 aromatic rings. The summed E-state index contributed by atoms with van der Waals surface area (Å²) in [5, 5.41) is -0.0473. The van der Waals surface area contributed by atoms with Crippen LogP contribution in [0.1, 0.15) is 42.4 Å². The molecule has 0 atom stereocenters. The van der Waals surface area contributed by atoms with Crippen molar-refractivity contribution < 1.29 is 30.8 Å². The number of para-hydroxylation sites is 1. The highest BCUT2D eigenvalue weighted by molar-refractivity contribution is 7.96. The Morgan fingerprint density at radius 2 is 1.68 bits per heavy atom. The minimum Gasteiger partial charge on any atom is -0.543 e. The third-order valence-corrected chi connectivity index (χ3v) is 12.7. The molecular formula is C21H23F3O4S2Si. The van der Waals surface area contributed by atoms with Crippen molar-refractivity contribution in [3.63, 3.8) is 0 Å². The molecule has 1 heterocycles. The Morgan fingerprint density at radius 1 is 1.06 bits per heavy atom. The maximum atomic E-state index is 12.9. The SMILES string of the molecule is CC(C)(C)[Si](C)(C)Oc1ccccc1-c1cc2c(s1)C=C(S(=O)(=O)C(F)(F)F)CC2=O. The predicted molar refractivity (Wildman–Crippen MR) is 119 cm³/mol. The van der Waals surface area contributed by atoms with Gasteiger partial charge in [0.1, 0.15) is 5.75 Å². The van der Waals surface area contributed by atoms with E-state index in [0.29, 0.717) is 16.2 Å². The monoisotopic (exact) mass is 488 g/mol. The van der Waals surface area contributed by atoms with Crippen LogP contribution in [0, 0.1) is 0 Å². The van der Waals surface area contributed by atoms with Gasteiger partial charge in [0.15, 0.2) is 5.78 Å². The fourth-order valence-corrected chi connectivity index (χ4v) is 6.00. The van der Waals surface area contributed by atoms with Crippen LogP contribution in [0.3, 0.4) is 0 Å². The van der Waals surface area contributed by atoms with E-state index in [2.05, 4.69) is 33.9 Å². The zero-order chi connectivity index (χ0) is 23.4. The van der Waals surface area contributed by atoms with E-state index >= 15 is 0 Å². The van der Waals surface area contributed by atoms with Crippen molar-refractivity contribution >= 4 is 41.4 Å². The van der Waals surface area contributed by atoms with Crippen LogP contribution >= 0.6 is 11.3 Å². The zero-order valence-corrected chi connectivity index (χ0v) is 20.4. The summed E-state index contributed by atoms with van der Waals surface area (Å²) in [7, 11) is -7.72. The minimum absolute atomic E-state index is 0.0473. The number of hydrogen-bond donors (Lipinski definition) is 0. The van der Waals surface area contributed by atoms with Gasteiger partial charge in [-0.1, -0.05) is 32.9 Å². The summed E-state index contributed by atoms with van der Waals surface area (Å²) in [4.78, 5) is 12.4. The lowest BCUT2D eigenvalue weighted by atomic mass is 10.0. The van der Waals surface area contributed by atoms with E-state index in [1.165, 1.54) is 0 Å². The first-order valence-electron chi connectivity index (χ1n) is 9.52. The van der Waals surface area contributed by atoms with E-state index in [-0.39, 0.29) is 15.5 Å². The van der Waals surface area contributed by atoms with Crippen molar-refractivity contribution in [3.8, 4) is 16.2 Å². The van der Waals surface area contributed by atoms with Gasteiger partial charge < -0.3 is 4.43 Å². The molecule has 4 nitrogen and oxygen atoms in total. The van der Waals surface area contributed by atoms with Gasteiger partial charge >= 0.3 is 5.51 Å². The van der Waals surface area contributed by atoms with Crippen LogP contribution in [0.2, 0.25) is 18.1 Å². The van der Waals surface area contributed by atoms with Gasteiger partial charge in [0.2, 0.25) is 0 Å². The van der Waals surface area contributed by atoms with Crippen molar-refractivity contribution in [1.82, 2.24) is 0 Å². The first-order valence-corrected chi connectivity index (χ1v) is 14.7. The number of benzene rings is 1. The molecule has 1 aromatic carbocycles. The van der Waals surface area contributed by atoms with Crippen LogP contribution in [0.15, 0.2) is 35.2 Å². The van der Waals surface area contributed by atoms with Crippen molar-refractivity contribution in [2.45, 2.75) is 50.8 Å². The van der Waals surface area contributed by atoms with Gasteiger partial charge in [-0.05, 0) is 42.4 Å². The maximum absolute atomic E-state index is 12.9. The number of Topliss-reactive ketones (excluding diaryl/α,β-unsaturated/α-hetero) is 1. The lowest BCUT2D eigenvalue weighted by Gasteiger charge is -2.37. The second-order valence-electron chi connectivity index (χ2n) is 8.91. The third-order valence-electron chi connectivity index (χ3n) is 5.66. The molecule has 0 aliphatic heterocycles. The average Bonchev–Trinajstić information content (AvgIpc) is 3.04. The Balaban J connectivity index is 2.07. The van der Waals surface area contributed by atoms with E-state index in [4.69, 9.17) is 4.43 Å². The van der Waals surface area contributed by atoms with Crippen LogP contribution < -0.4 is 4.43 Å². The predicted octanol–water partition coefficient (Wildman–Crippen LogP) is 6.66. The first kappa shape index (κ1) is 23.7. The molecule has 0 spiro atoms. The Hall–Kier alpha value is -1.91. The van der Waals surface area contributed by atoms with Gasteiger partial charge in [-0.15, -0.1) is 11.3 Å². The Kier molecular flexibility index (Phi) is 5.82. The maximum Gasteiger partial charge on any atom is 0.501 e. The van der Waals surface area contributed by atoms with Crippen LogP contribution in [-0.2, 0) is 9.84 Å². The summed E-state index contributed by atoms with van der Waals surface area (Å²) >= 11 is 1.08. The second-order valence-corrected chi connectivity index (χ2v) is 16.7. The largest absolute Gasteiger partial charge is 0.543 e. The highest BCUT2D eigenvalue weighted by Crippen LogP contribution is 2.45. The molecular weight excluding hydrogens is 465 g/mol. The Morgan fingerprint density at radius 3 is 2.26 bits per heavy atom. The number of fused-ring (bicyclic) bond motifs is 1. The fourth-order valence-electron chi connectivity index (χ4n) is 2.82. The summed E-state index contributed by atoms with van der Waals surface area (Å²) in [5.74, 6) is -0.0159.